The van der Waals surface area contributed by atoms with Crippen LogP contribution in [0.3, 0.4) is 0 Å². The van der Waals surface area contributed by atoms with E-state index in [0.29, 0.717) is 5.69 Å². The Balaban J connectivity index is 2.35. The molecule has 0 saturated heterocycles. The van der Waals surface area contributed by atoms with E-state index in [0.717, 1.165) is 22.8 Å². The van der Waals surface area contributed by atoms with E-state index in [1.54, 1.807) is 6.07 Å². The smallest absolute Gasteiger partial charge is 0.223 e. The van der Waals surface area contributed by atoms with Crippen LogP contribution in [0.5, 0.6) is 0 Å². The van der Waals surface area contributed by atoms with E-state index in [4.69, 9.17) is 17.2 Å². The fraction of sp³-hybridized carbons (Fsp3) is 0.154. The normalized spacial score (nSPS) is 11.4. The van der Waals surface area contributed by atoms with Crippen LogP contribution < -0.4 is 17.2 Å². The van der Waals surface area contributed by atoms with Crippen LogP contribution >= 0.6 is 0 Å². The SMILES string of the molecule is Cc1nc(-c2cccc(N=C(N)N=C(N)N)c2)[nH]c1C. The molecule has 1 heterocycles. The quantitative estimate of drug-likeness (QED) is 0.477. The zero-order valence-corrected chi connectivity index (χ0v) is 11.4. The van der Waals surface area contributed by atoms with Crippen molar-refractivity contribution in [2.75, 3.05) is 0 Å². The minimum atomic E-state index is -0.125. The number of hydrogen-bond donors (Lipinski definition) is 4. The Hall–Kier alpha value is -2.83. The van der Waals surface area contributed by atoms with Crippen LogP contribution in [-0.4, -0.2) is 21.9 Å². The summed E-state index contributed by atoms with van der Waals surface area (Å²) in [6, 6.07) is 7.46. The Morgan fingerprint density at radius 3 is 2.55 bits per heavy atom. The van der Waals surface area contributed by atoms with Gasteiger partial charge in [-0.15, -0.1) is 0 Å². The van der Waals surface area contributed by atoms with Crippen LogP contribution in [-0.2, 0) is 0 Å². The Labute approximate surface area is 116 Å². The van der Waals surface area contributed by atoms with Crippen molar-refractivity contribution < 1.29 is 0 Å². The van der Waals surface area contributed by atoms with Gasteiger partial charge < -0.3 is 22.2 Å². The van der Waals surface area contributed by atoms with Gasteiger partial charge in [0.15, 0.2) is 5.96 Å². The number of rotatable bonds is 2. The largest absolute Gasteiger partial charge is 0.370 e. The molecule has 0 saturated carbocycles. The fourth-order valence-corrected chi connectivity index (χ4v) is 1.70. The molecule has 1 aromatic heterocycles. The predicted molar refractivity (Wildman–Crippen MR) is 80.6 cm³/mol. The maximum Gasteiger partial charge on any atom is 0.223 e. The van der Waals surface area contributed by atoms with Crippen LogP contribution in [0.1, 0.15) is 11.4 Å². The van der Waals surface area contributed by atoms with E-state index >= 15 is 0 Å². The number of aryl methyl sites for hydroxylation is 2. The molecular formula is C13H17N7. The van der Waals surface area contributed by atoms with Gasteiger partial charge in [-0.1, -0.05) is 12.1 Å². The average molecular weight is 271 g/mol. The first-order valence-electron chi connectivity index (χ1n) is 6.03. The van der Waals surface area contributed by atoms with Crippen LogP contribution in [0.15, 0.2) is 34.3 Å². The summed E-state index contributed by atoms with van der Waals surface area (Å²) < 4.78 is 0. The predicted octanol–water partition coefficient (Wildman–Crippen LogP) is 0.913. The highest BCUT2D eigenvalue weighted by atomic mass is 15.1. The summed E-state index contributed by atoms with van der Waals surface area (Å²) in [5, 5.41) is 0. The third kappa shape index (κ3) is 3.14. The van der Waals surface area contributed by atoms with Gasteiger partial charge in [-0.2, -0.15) is 4.99 Å². The lowest BCUT2D eigenvalue weighted by Gasteiger charge is -2.00. The molecule has 0 aliphatic rings. The van der Waals surface area contributed by atoms with Crippen molar-refractivity contribution >= 4 is 17.6 Å². The molecule has 2 rings (SSSR count). The summed E-state index contributed by atoms with van der Waals surface area (Å²) in [6.45, 7) is 3.93. The van der Waals surface area contributed by atoms with Crippen LogP contribution in [0, 0.1) is 13.8 Å². The summed E-state index contributed by atoms with van der Waals surface area (Å²) >= 11 is 0. The molecule has 1 aromatic carbocycles. The van der Waals surface area contributed by atoms with Crippen molar-refractivity contribution in [3.05, 3.63) is 35.7 Å². The molecule has 7 nitrogen and oxygen atoms in total. The fourth-order valence-electron chi connectivity index (χ4n) is 1.70. The second-order valence-corrected chi connectivity index (χ2v) is 4.35. The number of aromatic amines is 1. The van der Waals surface area contributed by atoms with Crippen molar-refractivity contribution in [2.24, 2.45) is 27.2 Å². The third-order valence-corrected chi connectivity index (χ3v) is 2.74. The maximum atomic E-state index is 5.60. The van der Waals surface area contributed by atoms with Gasteiger partial charge in [0.25, 0.3) is 0 Å². The number of nitrogens with two attached hydrogens (primary N) is 3. The Morgan fingerprint density at radius 2 is 1.95 bits per heavy atom. The van der Waals surface area contributed by atoms with Gasteiger partial charge in [-0.05, 0) is 26.0 Å². The molecule has 0 atom stereocenters. The van der Waals surface area contributed by atoms with E-state index in [2.05, 4.69) is 20.0 Å². The number of nitrogens with zero attached hydrogens (tertiary/aromatic N) is 3. The molecule has 7 N–H and O–H groups in total. The van der Waals surface area contributed by atoms with Crippen LogP contribution in [0.4, 0.5) is 5.69 Å². The number of aliphatic imine (C=N–C) groups is 2. The lowest BCUT2D eigenvalue weighted by atomic mass is 10.2. The summed E-state index contributed by atoms with van der Waals surface area (Å²) in [4.78, 5) is 15.5. The zero-order valence-electron chi connectivity index (χ0n) is 11.4. The van der Waals surface area contributed by atoms with E-state index in [1.807, 2.05) is 32.0 Å². The zero-order chi connectivity index (χ0) is 14.7. The number of H-pyrrole nitrogens is 1. The first-order chi connectivity index (χ1) is 9.45. The molecule has 7 heteroatoms. The molecule has 2 aromatic rings. The first-order valence-corrected chi connectivity index (χ1v) is 6.03. The van der Waals surface area contributed by atoms with Gasteiger partial charge in [0.1, 0.15) is 5.82 Å². The number of nitrogens with one attached hydrogen (secondary N) is 1. The van der Waals surface area contributed by atoms with Gasteiger partial charge in [-0.3, -0.25) is 0 Å². The average Bonchev–Trinajstić information content (AvgIpc) is 2.69. The lowest BCUT2D eigenvalue weighted by molar-refractivity contribution is 1.22. The van der Waals surface area contributed by atoms with E-state index < -0.39 is 0 Å². The summed E-state index contributed by atoms with van der Waals surface area (Å²) in [6.07, 6.45) is 0. The van der Waals surface area contributed by atoms with Gasteiger partial charge in [-0.25, -0.2) is 9.98 Å². The molecule has 0 unspecified atom stereocenters. The molecule has 0 radical (unpaired) electrons. The van der Waals surface area contributed by atoms with Crippen molar-refractivity contribution in [2.45, 2.75) is 13.8 Å². The third-order valence-electron chi connectivity index (χ3n) is 2.74. The summed E-state index contributed by atoms with van der Waals surface area (Å²) in [5.41, 5.74) is 19.7. The molecule has 0 amide bonds. The van der Waals surface area contributed by atoms with Gasteiger partial charge >= 0.3 is 0 Å². The van der Waals surface area contributed by atoms with Gasteiger partial charge in [0.05, 0.1) is 11.4 Å². The number of hydrogen-bond acceptors (Lipinski definition) is 2. The lowest BCUT2D eigenvalue weighted by Crippen LogP contribution is -2.26. The number of guanidine groups is 2. The number of imidazole rings is 1. The first kappa shape index (κ1) is 13.6. The summed E-state index contributed by atoms with van der Waals surface area (Å²) in [5.74, 6) is 0.672. The van der Waals surface area contributed by atoms with Crippen LogP contribution in [0.2, 0.25) is 0 Å². The molecule has 0 aliphatic heterocycles. The molecule has 20 heavy (non-hydrogen) atoms. The molecule has 104 valence electrons. The maximum absolute atomic E-state index is 5.60. The van der Waals surface area contributed by atoms with E-state index in [1.165, 1.54) is 0 Å². The second-order valence-electron chi connectivity index (χ2n) is 4.35. The van der Waals surface area contributed by atoms with Crippen molar-refractivity contribution in [1.82, 2.24) is 9.97 Å². The monoisotopic (exact) mass is 271 g/mol. The van der Waals surface area contributed by atoms with Gasteiger partial charge in [0, 0.05) is 11.3 Å². The van der Waals surface area contributed by atoms with E-state index in [9.17, 15) is 0 Å². The highest BCUT2D eigenvalue weighted by molar-refractivity contribution is 5.93. The number of aromatic nitrogens is 2. The Kier molecular flexibility index (Phi) is 3.69. The molecule has 0 aliphatic carbocycles. The highest BCUT2D eigenvalue weighted by Crippen LogP contribution is 2.22. The number of benzene rings is 1. The van der Waals surface area contributed by atoms with Crippen LogP contribution in [0.25, 0.3) is 11.4 Å². The molecule has 0 spiro atoms. The van der Waals surface area contributed by atoms with Gasteiger partial charge in [0.2, 0.25) is 5.96 Å². The molecular weight excluding hydrogens is 254 g/mol. The molecule has 0 bridgehead atoms. The van der Waals surface area contributed by atoms with E-state index in [-0.39, 0.29) is 11.9 Å². The molecule has 0 fully saturated rings. The second kappa shape index (κ2) is 5.43. The highest BCUT2D eigenvalue weighted by Gasteiger charge is 2.05. The van der Waals surface area contributed by atoms with Crippen molar-refractivity contribution in [1.29, 1.82) is 0 Å². The Bertz CT molecular complexity index is 658. The Morgan fingerprint density at radius 1 is 1.20 bits per heavy atom. The van der Waals surface area contributed by atoms with Crippen molar-refractivity contribution in [3.63, 3.8) is 0 Å². The minimum absolute atomic E-state index is 0.00829. The minimum Gasteiger partial charge on any atom is -0.370 e. The standard InChI is InChI=1S/C13H17N7/c1-7-8(2)18-11(17-7)9-4-3-5-10(6-9)19-13(16)20-12(14)15/h3-6H,1-2H3,(H,17,18)(H6,14,15,16,19,20). The summed E-state index contributed by atoms with van der Waals surface area (Å²) in [7, 11) is 0. The van der Waals surface area contributed by atoms with Crippen molar-refractivity contribution in [3.8, 4) is 11.4 Å². The topological polar surface area (TPSA) is 131 Å².